The van der Waals surface area contributed by atoms with Crippen LogP contribution in [0.3, 0.4) is 0 Å². The van der Waals surface area contributed by atoms with E-state index in [4.69, 9.17) is 14.2 Å². The van der Waals surface area contributed by atoms with E-state index in [2.05, 4.69) is 0 Å². The number of nitro benzene ring substituents is 1. The lowest BCUT2D eigenvalue weighted by atomic mass is 9.89. The van der Waals surface area contributed by atoms with Crippen LogP contribution in [0.25, 0.3) is 0 Å². The van der Waals surface area contributed by atoms with Gasteiger partial charge in [-0.05, 0) is 68.1 Å². The zero-order chi connectivity index (χ0) is 17.7. The number of hydrogen-bond acceptors (Lipinski definition) is 5. The van der Waals surface area contributed by atoms with Crippen molar-refractivity contribution in [3.05, 3.63) is 62.2 Å². The molecular formula is C19H19NO5. The van der Waals surface area contributed by atoms with Crippen LogP contribution in [0, 0.1) is 24.0 Å². The quantitative estimate of drug-likeness (QED) is 0.610. The molecule has 0 N–H and O–H groups in total. The molecule has 6 heteroatoms. The molecule has 0 saturated heterocycles. The maximum atomic E-state index is 11.3. The highest BCUT2D eigenvalue weighted by atomic mass is 16.7. The Labute approximate surface area is 145 Å². The van der Waals surface area contributed by atoms with Crippen molar-refractivity contribution in [2.45, 2.75) is 39.4 Å². The third-order valence-corrected chi connectivity index (χ3v) is 4.79. The largest absolute Gasteiger partial charge is 0.454 e. The second-order valence-electron chi connectivity index (χ2n) is 6.70. The molecule has 0 radical (unpaired) electrons. The summed E-state index contributed by atoms with van der Waals surface area (Å²) in [6.45, 7) is 5.80. The van der Waals surface area contributed by atoms with Crippen LogP contribution in [0.4, 0.5) is 5.69 Å². The van der Waals surface area contributed by atoms with Crippen molar-refractivity contribution in [2.24, 2.45) is 0 Å². The first kappa shape index (κ1) is 15.9. The molecule has 0 saturated carbocycles. The summed E-state index contributed by atoms with van der Waals surface area (Å²) < 4.78 is 17.2. The first-order chi connectivity index (χ1) is 11.9. The van der Waals surface area contributed by atoms with Gasteiger partial charge in [-0.15, -0.1) is 0 Å². The zero-order valence-corrected chi connectivity index (χ0v) is 14.4. The number of aryl methyl sites for hydroxylation is 2. The molecule has 2 aliphatic heterocycles. The molecule has 2 atom stereocenters. The van der Waals surface area contributed by atoms with Gasteiger partial charge >= 0.3 is 0 Å². The second-order valence-corrected chi connectivity index (χ2v) is 6.70. The van der Waals surface area contributed by atoms with E-state index in [1.165, 1.54) is 5.56 Å². The van der Waals surface area contributed by atoms with Gasteiger partial charge in [0.2, 0.25) is 6.79 Å². The van der Waals surface area contributed by atoms with Crippen LogP contribution < -0.4 is 9.47 Å². The molecule has 2 aromatic rings. The Balaban J connectivity index is 1.83. The van der Waals surface area contributed by atoms with E-state index in [1.54, 1.807) is 13.8 Å². The average Bonchev–Trinajstić information content (AvgIpc) is 2.98. The Hall–Kier alpha value is -2.60. The topological polar surface area (TPSA) is 70.8 Å². The number of rotatable bonds is 2. The molecule has 6 nitrogen and oxygen atoms in total. The Bertz CT molecular complexity index is 853. The summed E-state index contributed by atoms with van der Waals surface area (Å²) in [5.74, 6) is 1.49. The van der Waals surface area contributed by atoms with Gasteiger partial charge in [-0.2, -0.15) is 0 Å². The van der Waals surface area contributed by atoms with Crippen molar-refractivity contribution in [1.29, 1.82) is 0 Å². The predicted octanol–water partition coefficient (Wildman–Crippen LogP) is 3.99. The summed E-state index contributed by atoms with van der Waals surface area (Å²) in [4.78, 5) is 10.9. The third-order valence-electron chi connectivity index (χ3n) is 4.79. The van der Waals surface area contributed by atoms with Crippen LogP contribution in [-0.4, -0.2) is 17.8 Å². The zero-order valence-electron chi connectivity index (χ0n) is 14.4. The van der Waals surface area contributed by atoms with Gasteiger partial charge < -0.3 is 14.2 Å². The number of nitrogens with zero attached hydrogens (tertiary/aromatic N) is 1. The molecule has 0 bridgehead atoms. The molecule has 2 heterocycles. The standard InChI is InChI=1S/C19H19NO5/c1-10-4-14(5-11(2)18(10)20(21)22)19-15-8-17-16(23-9-24-17)7-13(15)6-12(3)25-19/h4-5,7-8,12,19H,6,9H2,1-3H3/t12-,19?/m0/s1. The molecule has 0 spiro atoms. The smallest absolute Gasteiger partial charge is 0.275 e. The predicted molar refractivity (Wildman–Crippen MR) is 91.2 cm³/mol. The lowest BCUT2D eigenvalue weighted by molar-refractivity contribution is -0.386. The summed E-state index contributed by atoms with van der Waals surface area (Å²) >= 11 is 0. The molecule has 2 aliphatic rings. The van der Waals surface area contributed by atoms with E-state index in [-0.39, 0.29) is 29.6 Å². The second kappa shape index (κ2) is 5.74. The van der Waals surface area contributed by atoms with Crippen molar-refractivity contribution in [3.8, 4) is 11.5 Å². The minimum Gasteiger partial charge on any atom is -0.454 e. The number of fused-ring (bicyclic) bond motifs is 2. The number of hydrogen-bond donors (Lipinski definition) is 0. The minimum absolute atomic E-state index is 0.0497. The highest BCUT2D eigenvalue weighted by molar-refractivity contribution is 5.55. The third kappa shape index (κ3) is 2.62. The molecule has 2 aromatic carbocycles. The summed E-state index contributed by atoms with van der Waals surface area (Å²) in [5, 5.41) is 11.3. The summed E-state index contributed by atoms with van der Waals surface area (Å²) in [6.07, 6.45) is 0.577. The molecule has 25 heavy (non-hydrogen) atoms. The van der Waals surface area contributed by atoms with Gasteiger partial charge in [0.25, 0.3) is 5.69 Å². The van der Waals surface area contributed by atoms with Crippen molar-refractivity contribution in [1.82, 2.24) is 0 Å². The van der Waals surface area contributed by atoms with Crippen molar-refractivity contribution in [2.75, 3.05) is 6.79 Å². The Kier molecular flexibility index (Phi) is 3.65. The maximum Gasteiger partial charge on any atom is 0.275 e. The first-order valence-corrected chi connectivity index (χ1v) is 8.27. The van der Waals surface area contributed by atoms with Crippen LogP contribution >= 0.6 is 0 Å². The minimum atomic E-state index is -0.329. The van der Waals surface area contributed by atoms with Gasteiger partial charge in [0.1, 0.15) is 6.10 Å². The molecule has 1 unspecified atom stereocenters. The molecule has 4 rings (SSSR count). The van der Waals surface area contributed by atoms with E-state index in [0.717, 1.165) is 29.0 Å². The summed E-state index contributed by atoms with van der Waals surface area (Å²) in [5.41, 5.74) is 4.58. The summed E-state index contributed by atoms with van der Waals surface area (Å²) in [7, 11) is 0. The van der Waals surface area contributed by atoms with Gasteiger partial charge in [0.05, 0.1) is 11.0 Å². The fourth-order valence-electron chi connectivity index (χ4n) is 3.77. The Morgan fingerprint density at radius 1 is 1.08 bits per heavy atom. The molecule has 0 fully saturated rings. The Morgan fingerprint density at radius 3 is 2.36 bits per heavy atom. The molecular weight excluding hydrogens is 322 g/mol. The molecule has 0 amide bonds. The van der Waals surface area contributed by atoms with Gasteiger partial charge in [-0.1, -0.05) is 0 Å². The van der Waals surface area contributed by atoms with Crippen LogP contribution in [0.2, 0.25) is 0 Å². The Morgan fingerprint density at radius 2 is 1.72 bits per heavy atom. The fraction of sp³-hybridized carbons (Fsp3) is 0.368. The van der Waals surface area contributed by atoms with Gasteiger partial charge in [-0.25, -0.2) is 0 Å². The van der Waals surface area contributed by atoms with E-state index in [0.29, 0.717) is 11.1 Å². The van der Waals surface area contributed by atoms with Crippen LogP contribution in [0.1, 0.15) is 40.8 Å². The van der Waals surface area contributed by atoms with E-state index in [1.807, 2.05) is 31.2 Å². The highest BCUT2D eigenvalue weighted by Crippen LogP contribution is 2.43. The number of benzene rings is 2. The van der Waals surface area contributed by atoms with E-state index in [9.17, 15) is 10.1 Å². The molecule has 0 aliphatic carbocycles. The van der Waals surface area contributed by atoms with Crippen molar-refractivity contribution in [3.63, 3.8) is 0 Å². The lowest BCUT2D eigenvalue weighted by Crippen LogP contribution is -2.24. The summed E-state index contributed by atoms with van der Waals surface area (Å²) in [6, 6.07) is 7.69. The first-order valence-electron chi connectivity index (χ1n) is 8.27. The van der Waals surface area contributed by atoms with Crippen LogP contribution in [0.15, 0.2) is 24.3 Å². The van der Waals surface area contributed by atoms with Crippen LogP contribution in [-0.2, 0) is 11.2 Å². The fourth-order valence-corrected chi connectivity index (χ4v) is 3.77. The SMILES string of the molecule is Cc1cc(C2O[C@@H](C)Cc3cc4c(cc32)OCO4)cc(C)c1[N+](=O)[O-]. The van der Waals surface area contributed by atoms with Crippen molar-refractivity contribution < 1.29 is 19.1 Å². The van der Waals surface area contributed by atoms with Crippen LogP contribution in [0.5, 0.6) is 11.5 Å². The molecule has 130 valence electrons. The van der Waals surface area contributed by atoms with Gasteiger partial charge in [0.15, 0.2) is 11.5 Å². The van der Waals surface area contributed by atoms with Gasteiger partial charge in [0, 0.05) is 11.1 Å². The normalized spacial score (nSPS) is 21.1. The van der Waals surface area contributed by atoms with Gasteiger partial charge in [-0.3, -0.25) is 10.1 Å². The van der Waals surface area contributed by atoms with E-state index >= 15 is 0 Å². The monoisotopic (exact) mass is 341 g/mol. The lowest BCUT2D eigenvalue weighted by Gasteiger charge is -2.31. The number of nitro groups is 1. The molecule has 0 aromatic heterocycles. The average molecular weight is 341 g/mol. The van der Waals surface area contributed by atoms with E-state index < -0.39 is 0 Å². The van der Waals surface area contributed by atoms with Crippen molar-refractivity contribution >= 4 is 5.69 Å². The maximum absolute atomic E-state index is 11.3. The number of ether oxygens (including phenoxy) is 3. The highest BCUT2D eigenvalue weighted by Gasteiger charge is 2.31.